The number of hydrogen-bond donors (Lipinski definition) is 0. The number of ether oxygens (including phenoxy) is 2. The molecular formula is C19H22F3NO4. The second-order valence-electron chi connectivity index (χ2n) is 8.01. The van der Waals surface area contributed by atoms with Crippen molar-refractivity contribution in [2.24, 2.45) is 5.92 Å². The van der Waals surface area contributed by atoms with Crippen LogP contribution in [0.25, 0.3) is 0 Å². The molecule has 1 amide bonds. The van der Waals surface area contributed by atoms with Gasteiger partial charge in [0.2, 0.25) is 0 Å². The summed E-state index contributed by atoms with van der Waals surface area (Å²) in [6, 6.07) is 0.146. The summed E-state index contributed by atoms with van der Waals surface area (Å²) in [6.07, 6.45) is -0.0961. The number of morpholine rings is 1. The fraction of sp³-hybridized carbons (Fsp3) is 0.579. The SMILES string of the molecule is CC(C)(C)OC(=O)N1C2COCC1CC(C(=O)c1c(F)cc(F)cc1F)C2. The number of benzene rings is 1. The van der Waals surface area contributed by atoms with Crippen LogP contribution in [0.4, 0.5) is 18.0 Å². The Bertz CT molecular complexity index is 725. The van der Waals surface area contributed by atoms with Crippen LogP contribution in [0.2, 0.25) is 0 Å². The predicted octanol–water partition coefficient (Wildman–Crippen LogP) is 3.70. The molecule has 2 bridgehead atoms. The van der Waals surface area contributed by atoms with Crippen LogP contribution < -0.4 is 0 Å². The summed E-state index contributed by atoms with van der Waals surface area (Å²) in [5.74, 6) is -4.91. The summed E-state index contributed by atoms with van der Waals surface area (Å²) in [7, 11) is 0. The number of nitrogens with zero attached hydrogens (tertiary/aromatic N) is 1. The number of piperidine rings is 1. The zero-order valence-electron chi connectivity index (χ0n) is 15.4. The van der Waals surface area contributed by atoms with Gasteiger partial charge in [-0.15, -0.1) is 0 Å². The molecule has 2 unspecified atom stereocenters. The number of halogens is 3. The molecule has 0 aromatic heterocycles. The van der Waals surface area contributed by atoms with Crippen molar-refractivity contribution >= 4 is 11.9 Å². The van der Waals surface area contributed by atoms with Crippen molar-refractivity contribution in [3.05, 3.63) is 35.1 Å². The Labute approximate surface area is 155 Å². The van der Waals surface area contributed by atoms with Gasteiger partial charge in [-0.1, -0.05) is 0 Å². The first kappa shape index (κ1) is 19.7. The number of hydrogen-bond acceptors (Lipinski definition) is 4. The molecule has 2 saturated heterocycles. The molecule has 0 radical (unpaired) electrons. The first-order valence-electron chi connectivity index (χ1n) is 8.84. The first-order valence-corrected chi connectivity index (χ1v) is 8.84. The van der Waals surface area contributed by atoms with Gasteiger partial charge in [-0.05, 0) is 33.6 Å². The van der Waals surface area contributed by atoms with Crippen LogP contribution in [0.5, 0.6) is 0 Å². The topological polar surface area (TPSA) is 55.8 Å². The van der Waals surface area contributed by atoms with Crippen molar-refractivity contribution in [1.82, 2.24) is 4.90 Å². The van der Waals surface area contributed by atoms with E-state index in [0.29, 0.717) is 12.1 Å². The van der Waals surface area contributed by atoms with Crippen molar-refractivity contribution in [1.29, 1.82) is 0 Å². The maximum absolute atomic E-state index is 14.0. The molecule has 2 aliphatic heterocycles. The number of carbonyl (C=O) groups excluding carboxylic acids is 2. The fourth-order valence-electron chi connectivity index (χ4n) is 3.72. The minimum atomic E-state index is -1.21. The van der Waals surface area contributed by atoms with E-state index < -0.39 is 58.5 Å². The molecule has 1 aromatic carbocycles. The zero-order valence-corrected chi connectivity index (χ0v) is 15.4. The molecular weight excluding hydrogens is 363 g/mol. The Balaban J connectivity index is 1.81. The van der Waals surface area contributed by atoms with Crippen LogP contribution in [-0.2, 0) is 9.47 Å². The second-order valence-corrected chi connectivity index (χ2v) is 8.01. The highest BCUT2D eigenvalue weighted by Gasteiger charge is 2.45. The van der Waals surface area contributed by atoms with Gasteiger partial charge in [-0.25, -0.2) is 18.0 Å². The molecule has 8 heteroatoms. The summed E-state index contributed by atoms with van der Waals surface area (Å²) in [6.45, 7) is 5.70. The average Bonchev–Trinajstić information content (AvgIpc) is 2.50. The molecule has 3 rings (SSSR count). The molecule has 1 aromatic rings. The predicted molar refractivity (Wildman–Crippen MR) is 89.8 cm³/mol. The third-order valence-corrected chi connectivity index (χ3v) is 4.75. The molecule has 2 heterocycles. The first-order chi connectivity index (χ1) is 12.6. The van der Waals surface area contributed by atoms with E-state index in [2.05, 4.69) is 0 Å². The van der Waals surface area contributed by atoms with Crippen molar-refractivity contribution in [2.45, 2.75) is 51.3 Å². The van der Waals surface area contributed by atoms with Crippen LogP contribution in [0, 0.1) is 23.4 Å². The minimum Gasteiger partial charge on any atom is -0.444 e. The van der Waals surface area contributed by atoms with Gasteiger partial charge in [0.25, 0.3) is 0 Å². The van der Waals surface area contributed by atoms with E-state index in [4.69, 9.17) is 9.47 Å². The molecule has 2 atom stereocenters. The van der Waals surface area contributed by atoms with Crippen LogP contribution in [-0.4, -0.2) is 47.7 Å². The Morgan fingerprint density at radius 3 is 2.07 bits per heavy atom. The zero-order chi connectivity index (χ0) is 19.9. The van der Waals surface area contributed by atoms with Crippen molar-refractivity contribution < 1.29 is 32.2 Å². The average molecular weight is 385 g/mol. The monoisotopic (exact) mass is 385 g/mol. The molecule has 2 fully saturated rings. The summed E-state index contributed by atoms with van der Waals surface area (Å²) in [5, 5.41) is 0. The van der Waals surface area contributed by atoms with E-state index in [1.54, 1.807) is 25.7 Å². The molecule has 5 nitrogen and oxygen atoms in total. The van der Waals surface area contributed by atoms with E-state index in [0.717, 1.165) is 0 Å². The lowest BCUT2D eigenvalue weighted by Gasteiger charge is -2.47. The maximum atomic E-state index is 14.0. The Morgan fingerprint density at radius 2 is 1.59 bits per heavy atom. The molecule has 0 aliphatic carbocycles. The third-order valence-electron chi connectivity index (χ3n) is 4.75. The van der Waals surface area contributed by atoms with Gasteiger partial charge in [-0.3, -0.25) is 9.69 Å². The van der Waals surface area contributed by atoms with E-state index in [9.17, 15) is 22.8 Å². The number of amides is 1. The van der Waals surface area contributed by atoms with Crippen molar-refractivity contribution in [2.75, 3.05) is 13.2 Å². The molecule has 2 aliphatic rings. The summed E-state index contributed by atoms with van der Waals surface area (Å²) < 4.78 is 52.0. The smallest absolute Gasteiger partial charge is 0.410 e. The number of rotatable bonds is 2. The lowest BCUT2D eigenvalue weighted by Crippen LogP contribution is -2.60. The number of fused-ring (bicyclic) bond motifs is 2. The molecule has 0 N–H and O–H groups in total. The molecule has 0 spiro atoms. The van der Waals surface area contributed by atoms with Crippen LogP contribution in [0.15, 0.2) is 12.1 Å². The van der Waals surface area contributed by atoms with Crippen LogP contribution >= 0.6 is 0 Å². The second kappa shape index (κ2) is 7.14. The number of ketones is 1. The normalized spacial score (nSPS) is 25.3. The van der Waals surface area contributed by atoms with Gasteiger partial charge in [0.05, 0.1) is 30.9 Å². The lowest BCUT2D eigenvalue weighted by atomic mass is 9.80. The van der Waals surface area contributed by atoms with E-state index >= 15 is 0 Å². The van der Waals surface area contributed by atoms with Gasteiger partial charge in [0.1, 0.15) is 23.1 Å². The van der Waals surface area contributed by atoms with Crippen LogP contribution in [0.3, 0.4) is 0 Å². The van der Waals surface area contributed by atoms with Gasteiger partial charge >= 0.3 is 6.09 Å². The fourth-order valence-corrected chi connectivity index (χ4v) is 3.72. The highest BCUT2D eigenvalue weighted by molar-refractivity contribution is 5.98. The van der Waals surface area contributed by atoms with E-state index in [1.807, 2.05) is 0 Å². The summed E-state index contributed by atoms with van der Waals surface area (Å²) >= 11 is 0. The lowest BCUT2D eigenvalue weighted by molar-refractivity contribution is -0.0861. The number of carbonyl (C=O) groups is 2. The Hall–Kier alpha value is -2.09. The van der Waals surface area contributed by atoms with Gasteiger partial charge in [0, 0.05) is 18.1 Å². The minimum absolute atomic E-state index is 0.199. The standard InChI is InChI=1S/C19H22F3NO4/c1-19(2,3)27-18(25)23-12-4-10(5-13(23)9-26-8-12)17(24)16-14(21)6-11(20)7-15(16)22/h6-7,10,12-13H,4-5,8-9H2,1-3H3. The third kappa shape index (κ3) is 4.10. The molecule has 148 valence electrons. The van der Waals surface area contributed by atoms with Gasteiger partial charge in [-0.2, -0.15) is 0 Å². The van der Waals surface area contributed by atoms with Crippen molar-refractivity contribution in [3.8, 4) is 0 Å². The Kier molecular flexibility index (Phi) is 5.20. The highest BCUT2D eigenvalue weighted by Crippen LogP contribution is 2.35. The summed E-state index contributed by atoms with van der Waals surface area (Å²) in [4.78, 5) is 26.8. The van der Waals surface area contributed by atoms with Crippen LogP contribution in [0.1, 0.15) is 44.0 Å². The van der Waals surface area contributed by atoms with Gasteiger partial charge < -0.3 is 9.47 Å². The van der Waals surface area contributed by atoms with E-state index in [1.165, 1.54) is 0 Å². The maximum Gasteiger partial charge on any atom is 0.410 e. The molecule has 0 saturated carbocycles. The quantitative estimate of drug-likeness (QED) is 0.729. The van der Waals surface area contributed by atoms with Gasteiger partial charge in [0.15, 0.2) is 5.78 Å². The highest BCUT2D eigenvalue weighted by atomic mass is 19.1. The van der Waals surface area contributed by atoms with E-state index in [-0.39, 0.29) is 26.1 Å². The largest absolute Gasteiger partial charge is 0.444 e. The number of Topliss-reactive ketones (excluding diaryl/α,β-unsaturated/α-hetero) is 1. The summed E-state index contributed by atoms with van der Waals surface area (Å²) in [5.41, 5.74) is -1.40. The molecule has 27 heavy (non-hydrogen) atoms. The van der Waals surface area contributed by atoms with Crippen molar-refractivity contribution in [3.63, 3.8) is 0 Å². The Morgan fingerprint density at radius 1 is 1.07 bits per heavy atom.